The van der Waals surface area contributed by atoms with E-state index in [1.165, 1.54) is 0 Å². The van der Waals surface area contributed by atoms with E-state index in [0.717, 1.165) is 18.4 Å². The number of sulfone groups is 1. The van der Waals surface area contributed by atoms with Gasteiger partial charge in [0.15, 0.2) is 9.84 Å². The Morgan fingerprint density at radius 2 is 1.56 bits per heavy atom. The van der Waals surface area contributed by atoms with Crippen LogP contribution in [0.2, 0.25) is 0 Å². The minimum absolute atomic E-state index is 0. The number of nitrogens with two attached hydrogens (primary N) is 1. The Bertz CT molecular complexity index is 879. The molecule has 0 spiro atoms. The number of hydrogen-bond acceptors (Lipinski definition) is 4. The van der Waals surface area contributed by atoms with Gasteiger partial charge in [-0.15, -0.1) is 12.4 Å². The first-order chi connectivity index (χ1) is 12.4. The Balaban J connectivity index is 0.00000261. The van der Waals surface area contributed by atoms with Crippen molar-refractivity contribution >= 4 is 33.8 Å². The van der Waals surface area contributed by atoms with Crippen LogP contribution >= 0.6 is 12.4 Å². The molecule has 0 atom stereocenters. The first-order valence-electron chi connectivity index (χ1n) is 8.80. The minimum atomic E-state index is -3.30. The van der Waals surface area contributed by atoms with Gasteiger partial charge in [-0.1, -0.05) is 55.3 Å². The van der Waals surface area contributed by atoms with E-state index in [9.17, 15) is 13.2 Å². The van der Waals surface area contributed by atoms with Crippen molar-refractivity contribution in [1.82, 2.24) is 0 Å². The number of carbonyl (C=O) groups excluding carboxylic acids is 1. The summed E-state index contributed by atoms with van der Waals surface area (Å²) in [5, 5.41) is 2.84. The first-order valence-corrected chi connectivity index (χ1v) is 10.6. The molecule has 1 saturated carbocycles. The summed E-state index contributed by atoms with van der Waals surface area (Å²) in [4.78, 5) is 12.4. The van der Waals surface area contributed by atoms with Crippen LogP contribution in [-0.2, 0) is 26.1 Å². The van der Waals surface area contributed by atoms with Gasteiger partial charge in [-0.25, -0.2) is 8.42 Å². The van der Waals surface area contributed by atoms with Crippen LogP contribution in [0.4, 0.5) is 5.69 Å². The zero-order valence-corrected chi connectivity index (χ0v) is 16.7. The molecule has 0 saturated heterocycles. The highest BCUT2D eigenvalue weighted by Gasteiger charge is 2.36. The highest BCUT2D eigenvalue weighted by molar-refractivity contribution is 7.89. The van der Waals surface area contributed by atoms with Crippen molar-refractivity contribution in [1.29, 1.82) is 0 Å². The summed E-state index contributed by atoms with van der Waals surface area (Å²) in [7, 11) is -3.30. The van der Waals surface area contributed by atoms with Crippen LogP contribution in [0.25, 0.3) is 0 Å². The quantitative estimate of drug-likeness (QED) is 0.766. The van der Waals surface area contributed by atoms with Gasteiger partial charge in [-0.05, 0) is 36.1 Å². The second kappa shape index (κ2) is 8.87. The van der Waals surface area contributed by atoms with Crippen LogP contribution in [0.3, 0.4) is 0 Å². The standard InChI is InChI=1S/C20H24N2O3S.ClH/c21-20(11-4-5-12-20)19(23)22-18-10-6-9-17(13-18)15-26(24,25)14-16-7-2-1-3-8-16;/h1-3,6-10,13H,4-5,11-12,14-15,21H2,(H,22,23);1H. The van der Waals surface area contributed by atoms with E-state index < -0.39 is 15.4 Å². The second-order valence-electron chi connectivity index (χ2n) is 7.04. The number of rotatable bonds is 6. The van der Waals surface area contributed by atoms with E-state index in [1.54, 1.807) is 36.4 Å². The maximum absolute atomic E-state index is 12.5. The molecule has 1 aliphatic rings. The lowest BCUT2D eigenvalue weighted by molar-refractivity contribution is -0.121. The predicted molar refractivity (Wildman–Crippen MR) is 110 cm³/mol. The summed E-state index contributed by atoms with van der Waals surface area (Å²) in [6, 6.07) is 16.1. The maximum Gasteiger partial charge on any atom is 0.244 e. The van der Waals surface area contributed by atoms with E-state index in [0.29, 0.717) is 24.1 Å². The van der Waals surface area contributed by atoms with E-state index in [2.05, 4.69) is 5.32 Å². The smallest absolute Gasteiger partial charge is 0.244 e. The fraction of sp³-hybridized carbons (Fsp3) is 0.350. The van der Waals surface area contributed by atoms with Crippen LogP contribution in [0, 0.1) is 0 Å². The number of nitrogens with one attached hydrogen (secondary N) is 1. The van der Waals surface area contributed by atoms with Gasteiger partial charge in [-0.2, -0.15) is 0 Å². The molecule has 7 heteroatoms. The summed E-state index contributed by atoms with van der Waals surface area (Å²) in [6.45, 7) is 0. The van der Waals surface area contributed by atoms with Crippen LogP contribution in [0.15, 0.2) is 54.6 Å². The molecule has 0 heterocycles. The van der Waals surface area contributed by atoms with Crippen molar-refractivity contribution in [2.75, 3.05) is 5.32 Å². The molecule has 0 radical (unpaired) electrons. The van der Waals surface area contributed by atoms with Crippen molar-refractivity contribution in [2.45, 2.75) is 42.7 Å². The fourth-order valence-electron chi connectivity index (χ4n) is 3.36. The first kappa shape index (κ1) is 21.4. The van der Waals surface area contributed by atoms with Gasteiger partial charge >= 0.3 is 0 Å². The average Bonchev–Trinajstić information content (AvgIpc) is 3.03. The highest BCUT2D eigenvalue weighted by Crippen LogP contribution is 2.28. The van der Waals surface area contributed by atoms with Crippen molar-refractivity contribution in [3.63, 3.8) is 0 Å². The second-order valence-corrected chi connectivity index (χ2v) is 9.10. The fourth-order valence-corrected chi connectivity index (χ4v) is 4.85. The zero-order chi connectivity index (χ0) is 18.6. The van der Waals surface area contributed by atoms with Gasteiger partial charge in [0.2, 0.25) is 5.91 Å². The lowest BCUT2D eigenvalue weighted by Gasteiger charge is -2.22. The molecule has 0 aliphatic heterocycles. The molecule has 27 heavy (non-hydrogen) atoms. The summed E-state index contributed by atoms with van der Waals surface area (Å²) >= 11 is 0. The molecular formula is C20H25ClN2O3S. The normalized spacial score (nSPS) is 15.7. The molecule has 3 N–H and O–H groups in total. The highest BCUT2D eigenvalue weighted by atomic mass is 35.5. The van der Waals surface area contributed by atoms with E-state index in [4.69, 9.17) is 5.73 Å². The topological polar surface area (TPSA) is 89.3 Å². The van der Waals surface area contributed by atoms with Crippen molar-refractivity contribution < 1.29 is 13.2 Å². The van der Waals surface area contributed by atoms with E-state index in [1.807, 2.05) is 18.2 Å². The monoisotopic (exact) mass is 408 g/mol. The van der Waals surface area contributed by atoms with Crippen LogP contribution < -0.4 is 11.1 Å². The molecular weight excluding hydrogens is 384 g/mol. The molecule has 2 aromatic carbocycles. The Hall–Kier alpha value is -1.89. The number of halogens is 1. The number of amides is 1. The van der Waals surface area contributed by atoms with Gasteiger partial charge in [0.1, 0.15) is 0 Å². The molecule has 1 amide bonds. The summed E-state index contributed by atoms with van der Waals surface area (Å²) in [5.41, 5.74) is 7.36. The third-order valence-corrected chi connectivity index (χ3v) is 6.30. The van der Waals surface area contributed by atoms with Gasteiger partial charge in [0.05, 0.1) is 17.0 Å². The molecule has 2 aromatic rings. The van der Waals surface area contributed by atoms with Crippen LogP contribution in [-0.4, -0.2) is 19.9 Å². The molecule has 5 nitrogen and oxygen atoms in total. The Morgan fingerprint density at radius 3 is 2.22 bits per heavy atom. The number of benzene rings is 2. The Morgan fingerprint density at radius 1 is 0.963 bits per heavy atom. The molecule has 0 bridgehead atoms. The predicted octanol–water partition coefficient (Wildman–Crippen LogP) is 3.43. The Kier molecular flexibility index (Phi) is 7.03. The third kappa shape index (κ3) is 5.79. The van der Waals surface area contributed by atoms with Gasteiger partial charge < -0.3 is 11.1 Å². The van der Waals surface area contributed by atoms with E-state index in [-0.39, 0.29) is 29.8 Å². The molecule has 1 fully saturated rings. The van der Waals surface area contributed by atoms with E-state index >= 15 is 0 Å². The van der Waals surface area contributed by atoms with Crippen molar-refractivity contribution in [3.05, 3.63) is 65.7 Å². The number of carbonyl (C=O) groups is 1. The van der Waals surface area contributed by atoms with Crippen molar-refractivity contribution in [3.8, 4) is 0 Å². The largest absolute Gasteiger partial charge is 0.324 e. The third-order valence-electron chi connectivity index (χ3n) is 4.75. The van der Waals surface area contributed by atoms with Gasteiger partial charge in [0.25, 0.3) is 0 Å². The van der Waals surface area contributed by atoms with Crippen molar-refractivity contribution in [2.24, 2.45) is 5.73 Å². The van der Waals surface area contributed by atoms with Crippen LogP contribution in [0.5, 0.6) is 0 Å². The maximum atomic E-state index is 12.5. The molecule has 0 unspecified atom stereocenters. The molecule has 1 aliphatic carbocycles. The SMILES string of the molecule is Cl.NC1(C(=O)Nc2cccc(CS(=O)(=O)Cc3ccccc3)c2)CCCC1. The summed E-state index contributed by atoms with van der Waals surface area (Å²) < 4.78 is 24.9. The average molecular weight is 409 g/mol. The zero-order valence-electron chi connectivity index (χ0n) is 15.1. The molecule has 3 rings (SSSR count). The lowest BCUT2D eigenvalue weighted by atomic mass is 9.98. The number of anilines is 1. The summed E-state index contributed by atoms with van der Waals surface area (Å²) in [6.07, 6.45) is 3.29. The lowest BCUT2D eigenvalue weighted by Crippen LogP contribution is -2.48. The minimum Gasteiger partial charge on any atom is -0.324 e. The van der Waals surface area contributed by atoms with Gasteiger partial charge in [0, 0.05) is 5.69 Å². The molecule has 146 valence electrons. The van der Waals surface area contributed by atoms with Gasteiger partial charge in [-0.3, -0.25) is 4.79 Å². The molecule has 0 aromatic heterocycles. The number of hydrogen-bond donors (Lipinski definition) is 2. The Labute approximate surface area is 166 Å². The summed E-state index contributed by atoms with van der Waals surface area (Å²) in [5.74, 6) is -0.269. The van der Waals surface area contributed by atoms with Crippen LogP contribution in [0.1, 0.15) is 36.8 Å².